The van der Waals surface area contributed by atoms with Crippen LogP contribution in [0, 0.1) is 5.41 Å². The van der Waals surface area contributed by atoms with E-state index in [4.69, 9.17) is 4.74 Å². The van der Waals surface area contributed by atoms with Gasteiger partial charge < -0.3 is 10.1 Å². The van der Waals surface area contributed by atoms with Crippen molar-refractivity contribution >= 4 is 21.7 Å². The van der Waals surface area contributed by atoms with Crippen LogP contribution in [0.4, 0.5) is 10.5 Å². The summed E-state index contributed by atoms with van der Waals surface area (Å²) in [5, 5.41) is 2.90. The maximum absolute atomic E-state index is 12.7. The number of nitrogens with one attached hydrogen (secondary N) is 2. The number of likely N-dealkylation sites (tertiary alicyclic amines) is 1. The predicted octanol–water partition coefficient (Wildman–Crippen LogP) is 2.61. The summed E-state index contributed by atoms with van der Waals surface area (Å²) in [5.74, 6) is -0.172. The molecule has 1 unspecified atom stereocenters. The molecule has 0 aromatic heterocycles. The zero-order valence-corrected chi connectivity index (χ0v) is 19.3. The number of amides is 2. The predicted molar refractivity (Wildman–Crippen MR) is 120 cm³/mol. The number of rotatable bonds is 5. The number of hydrogen-bond donors (Lipinski definition) is 2. The second-order valence-electron chi connectivity index (χ2n) is 10.2. The monoisotopic (exact) mass is 447 g/mol. The molecular weight excluding hydrogens is 414 g/mol. The molecule has 0 radical (unpaired) electrons. The minimum Gasteiger partial charge on any atom is -0.376 e. The highest BCUT2D eigenvalue weighted by molar-refractivity contribution is 7.90. The van der Waals surface area contributed by atoms with Gasteiger partial charge >= 0.3 is 6.03 Å². The lowest BCUT2D eigenvalue weighted by atomic mass is 9.77. The number of nitrogens with zero attached hydrogens (tertiary/aromatic N) is 1. The number of hydrogen-bond acceptors (Lipinski definition) is 5. The Morgan fingerprint density at radius 3 is 2.42 bits per heavy atom. The summed E-state index contributed by atoms with van der Waals surface area (Å²) in [6.07, 6.45) is 6.50. The molecule has 2 heterocycles. The smallest absolute Gasteiger partial charge is 0.332 e. The van der Waals surface area contributed by atoms with E-state index in [1.807, 2.05) is 0 Å². The number of ether oxygens (including phenoxy) is 1. The Morgan fingerprint density at radius 1 is 1.16 bits per heavy atom. The van der Waals surface area contributed by atoms with Crippen LogP contribution in [0.25, 0.3) is 0 Å². The van der Waals surface area contributed by atoms with Crippen LogP contribution in [-0.4, -0.2) is 56.9 Å². The van der Waals surface area contributed by atoms with Gasteiger partial charge in [-0.3, -0.25) is 4.90 Å². The number of urea groups is 1. The Hall–Kier alpha value is -1.64. The number of carbonyl (C=O) groups is 1. The minimum absolute atomic E-state index is 0.0812. The van der Waals surface area contributed by atoms with Crippen molar-refractivity contribution in [3.8, 4) is 0 Å². The minimum atomic E-state index is -3.78. The first-order valence-electron chi connectivity index (χ1n) is 11.6. The molecule has 1 aromatic rings. The standard InChI is InChI=1S/C23H33N3O4S/c1-15(2)26-12-23(13-26)10-18(30-14-23)11-31(28,29)25-22(27)24-21-19-7-3-5-16(19)9-17-6-4-8-20(17)21/h9,15,18H,3-8,10-14H2,1-2H3,(H2,24,25,27). The molecule has 2 N–H and O–H groups in total. The fourth-order valence-corrected chi connectivity index (χ4v) is 7.06. The lowest BCUT2D eigenvalue weighted by Crippen LogP contribution is -2.59. The summed E-state index contributed by atoms with van der Waals surface area (Å²) in [6, 6.07) is 2.13. The van der Waals surface area contributed by atoms with E-state index in [9.17, 15) is 13.2 Å². The van der Waals surface area contributed by atoms with E-state index >= 15 is 0 Å². The van der Waals surface area contributed by atoms with Crippen molar-refractivity contribution in [2.45, 2.75) is 70.9 Å². The van der Waals surface area contributed by atoms with Crippen molar-refractivity contribution in [2.75, 3.05) is 30.8 Å². The van der Waals surface area contributed by atoms with Crippen LogP contribution in [0.1, 0.15) is 55.4 Å². The average molecular weight is 448 g/mol. The highest BCUT2D eigenvalue weighted by atomic mass is 32.2. The lowest BCUT2D eigenvalue weighted by molar-refractivity contribution is -0.0273. The molecule has 2 saturated heterocycles. The second kappa shape index (κ2) is 7.74. The van der Waals surface area contributed by atoms with Gasteiger partial charge in [0.2, 0.25) is 10.0 Å². The maximum atomic E-state index is 12.7. The molecule has 0 bridgehead atoms. The molecule has 1 spiro atoms. The lowest BCUT2D eigenvalue weighted by Gasteiger charge is -2.49. The van der Waals surface area contributed by atoms with Crippen LogP contribution in [0.15, 0.2) is 6.07 Å². The first-order chi connectivity index (χ1) is 14.7. The van der Waals surface area contributed by atoms with Gasteiger partial charge in [0.15, 0.2) is 0 Å². The summed E-state index contributed by atoms with van der Waals surface area (Å²) in [6.45, 7) is 6.86. The molecule has 1 aromatic carbocycles. The van der Waals surface area contributed by atoms with Crippen LogP contribution in [-0.2, 0) is 40.4 Å². The number of aryl methyl sites for hydroxylation is 2. The largest absolute Gasteiger partial charge is 0.376 e. The average Bonchev–Trinajstić information content (AvgIpc) is 3.37. The van der Waals surface area contributed by atoms with Crippen molar-refractivity contribution < 1.29 is 17.9 Å². The summed E-state index contributed by atoms with van der Waals surface area (Å²) in [4.78, 5) is 15.0. The topological polar surface area (TPSA) is 87.7 Å². The highest BCUT2D eigenvalue weighted by Crippen LogP contribution is 2.42. The Morgan fingerprint density at radius 2 is 1.81 bits per heavy atom. The Bertz CT molecular complexity index is 966. The van der Waals surface area contributed by atoms with Gasteiger partial charge in [0.05, 0.1) is 18.5 Å². The van der Waals surface area contributed by atoms with Gasteiger partial charge in [0, 0.05) is 30.2 Å². The molecule has 170 valence electrons. The fraction of sp³-hybridized carbons (Fsp3) is 0.696. The Balaban J connectivity index is 1.21. The first kappa shape index (κ1) is 21.2. The van der Waals surface area contributed by atoms with Crippen LogP contribution in [0.3, 0.4) is 0 Å². The van der Waals surface area contributed by atoms with Gasteiger partial charge in [-0.1, -0.05) is 6.07 Å². The van der Waals surface area contributed by atoms with Crippen LogP contribution < -0.4 is 10.0 Å². The van der Waals surface area contributed by atoms with E-state index in [1.54, 1.807) is 0 Å². The van der Waals surface area contributed by atoms with E-state index in [0.717, 1.165) is 63.7 Å². The van der Waals surface area contributed by atoms with E-state index in [-0.39, 0.29) is 17.3 Å². The quantitative estimate of drug-likeness (QED) is 0.725. The van der Waals surface area contributed by atoms with Gasteiger partial charge in [0.25, 0.3) is 0 Å². The Kier molecular flexibility index (Phi) is 5.30. The number of benzene rings is 1. The number of anilines is 1. The van der Waals surface area contributed by atoms with Gasteiger partial charge in [-0.05, 0) is 81.0 Å². The maximum Gasteiger partial charge on any atom is 0.332 e. The second-order valence-corrected chi connectivity index (χ2v) is 12.0. The molecule has 7 nitrogen and oxygen atoms in total. The molecule has 1 atom stereocenters. The van der Waals surface area contributed by atoms with Gasteiger partial charge in [-0.2, -0.15) is 0 Å². The Labute approximate surface area is 185 Å². The van der Waals surface area contributed by atoms with Crippen LogP contribution in [0.5, 0.6) is 0 Å². The zero-order valence-electron chi connectivity index (χ0n) is 18.5. The molecule has 2 aliphatic heterocycles. The molecule has 2 fully saturated rings. The van der Waals surface area contributed by atoms with Gasteiger partial charge in [-0.15, -0.1) is 0 Å². The molecule has 0 saturated carbocycles. The summed E-state index contributed by atoms with van der Waals surface area (Å²) >= 11 is 0. The van der Waals surface area contributed by atoms with Crippen molar-refractivity contribution in [1.29, 1.82) is 0 Å². The number of carbonyl (C=O) groups excluding carboxylic acids is 1. The molecule has 8 heteroatoms. The number of fused-ring (bicyclic) bond motifs is 2. The third kappa shape index (κ3) is 4.10. The van der Waals surface area contributed by atoms with Gasteiger partial charge in [-0.25, -0.2) is 17.9 Å². The molecule has 5 rings (SSSR count). The number of sulfonamides is 1. The summed E-state index contributed by atoms with van der Waals surface area (Å²) in [7, 11) is -3.78. The van der Waals surface area contributed by atoms with Gasteiger partial charge in [0.1, 0.15) is 0 Å². The van der Waals surface area contributed by atoms with Crippen LogP contribution >= 0.6 is 0 Å². The summed E-state index contributed by atoms with van der Waals surface area (Å²) < 4.78 is 33.4. The summed E-state index contributed by atoms with van der Waals surface area (Å²) in [5.41, 5.74) is 5.92. The van der Waals surface area contributed by atoms with E-state index in [0.29, 0.717) is 12.6 Å². The molecule has 31 heavy (non-hydrogen) atoms. The highest BCUT2D eigenvalue weighted by Gasteiger charge is 2.50. The molecule has 2 aliphatic carbocycles. The van der Waals surface area contributed by atoms with Crippen LogP contribution in [0.2, 0.25) is 0 Å². The first-order valence-corrected chi connectivity index (χ1v) is 13.2. The van der Waals surface area contributed by atoms with E-state index < -0.39 is 16.1 Å². The van der Waals surface area contributed by atoms with Crippen molar-refractivity contribution in [2.24, 2.45) is 5.41 Å². The van der Waals surface area contributed by atoms with E-state index in [2.05, 4.69) is 34.9 Å². The normalized spacial score (nSPS) is 24.3. The van der Waals surface area contributed by atoms with E-state index in [1.165, 1.54) is 22.3 Å². The fourth-order valence-electron chi connectivity index (χ4n) is 5.94. The SMILES string of the molecule is CC(C)N1CC2(COC(CS(=O)(=O)NC(=O)Nc3c4c(cc5c3CCC5)CCC4)C2)C1. The van der Waals surface area contributed by atoms with Crippen molar-refractivity contribution in [3.63, 3.8) is 0 Å². The third-order valence-corrected chi connectivity index (χ3v) is 8.77. The zero-order chi connectivity index (χ0) is 21.8. The van der Waals surface area contributed by atoms with Crippen molar-refractivity contribution in [1.82, 2.24) is 9.62 Å². The molecule has 2 amide bonds. The van der Waals surface area contributed by atoms with Crippen molar-refractivity contribution in [3.05, 3.63) is 28.3 Å². The molecule has 4 aliphatic rings. The third-order valence-electron chi connectivity index (χ3n) is 7.46. The molecular formula is C23H33N3O4S.